The number of hydrogen-bond donors (Lipinski definition) is 2. The fourth-order valence-corrected chi connectivity index (χ4v) is 3.43. The number of phenolic OH excluding ortho intramolecular Hbond substituents is 1. The summed E-state index contributed by atoms with van der Waals surface area (Å²) in [5.74, 6) is 2.35. The molecule has 0 spiro atoms. The topological polar surface area (TPSA) is 83.5 Å². The normalized spacial score (nSPS) is 17.1. The molecule has 0 aromatic heterocycles. The first-order valence-electron chi connectivity index (χ1n) is 9.69. The predicted octanol–water partition coefficient (Wildman–Crippen LogP) is 2.37. The van der Waals surface area contributed by atoms with Crippen LogP contribution in [0, 0.1) is 0 Å². The molecule has 2 aromatic carbocycles. The highest BCUT2D eigenvalue weighted by molar-refractivity contribution is 5.74. The molecule has 1 unspecified atom stereocenters. The fraction of sp³-hybridized carbons (Fsp3) is 0.381. The van der Waals surface area contributed by atoms with Crippen LogP contribution in [0.5, 0.6) is 23.0 Å². The first-order chi connectivity index (χ1) is 14.1. The predicted molar refractivity (Wildman–Crippen MR) is 106 cm³/mol. The Morgan fingerprint density at radius 3 is 2.59 bits per heavy atom. The Hall–Kier alpha value is -3.13. The smallest absolute Gasteiger partial charge is 0.320 e. The summed E-state index contributed by atoms with van der Waals surface area (Å²) in [6.45, 7) is 5.78. The number of fused-ring (bicyclic) bond motifs is 1. The minimum absolute atomic E-state index is 0.140. The molecule has 2 heterocycles. The second-order valence-corrected chi connectivity index (χ2v) is 7.15. The number of ether oxygens (including phenoxy) is 3. The number of amides is 2. The third kappa shape index (κ3) is 4.83. The molecule has 154 valence electrons. The Bertz CT molecular complexity index is 850. The lowest BCUT2D eigenvalue weighted by atomic mass is 10.1. The van der Waals surface area contributed by atoms with Crippen LogP contribution in [0.25, 0.3) is 0 Å². The molecular weight excluding hydrogens is 374 g/mol. The van der Waals surface area contributed by atoms with Gasteiger partial charge in [0.15, 0.2) is 17.7 Å². The van der Waals surface area contributed by atoms with Gasteiger partial charge in [0.05, 0.1) is 0 Å². The van der Waals surface area contributed by atoms with Gasteiger partial charge in [-0.3, -0.25) is 4.90 Å². The molecule has 29 heavy (non-hydrogen) atoms. The minimum Gasteiger partial charge on any atom is -0.508 e. The molecule has 2 N–H and O–H groups in total. The SMILES string of the molecule is CC(NC(=O)N1CCN(Cc2ccc3c(c2)OCO3)CC1)Oc1ccc(O)cc1. The van der Waals surface area contributed by atoms with Crippen LogP contribution >= 0.6 is 0 Å². The molecule has 0 radical (unpaired) electrons. The van der Waals surface area contributed by atoms with Gasteiger partial charge in [0.2, 0.25) is 6.79 Å². The number of carbonyl (C=O) groups excluding carboxylic acids is 1. The zero-order valence-corrected chi connectivity index (χ0v) is 16.3. The molecule has 8 nitrogen and oxygen atoms in total. The summed E-state index contributed by atoms with van der Waals surface area (Å²) in [6, 6.07) is 12.3. The van der Waals surface area contributed by atoms with Crippen LogP contribution in [0.2, 0.25) is 0 Å². The van der Waals surface area contributed by atoms with E-state index >= 15 is 0 Å². The van der Waals surface area contributed by atoms with E-state index in [4.69, 9.17) is 14.2 Å². The van der Waals surface area contributed by atoms with Gasteiger partial charge in [-0.1, -0.05) is 6.07 Å². The van der Waals surface area contributed by atoms with Crippen LogP contribution in [0.1, 0.15) is 12.5 Å². The van der Waals surface area contributed by atoms with E-state index in [0.29, 0.717) is 18.8 Å². The van der Waals surface area contributed by atoms with Gasteiger partial charge in [-0.2, -0.15) is 0 Å². The van der Waals surface area contributed by atoms with Crippen molar-refractivity contribution in [3.63, 3.8) is 0 Å². The highest BCUT2D eigenvalue weighted by Crippen LogP contribution is 2.32. The summed E-state index contributed by atoms with van der Waals surface area (Å²) < 4.78 is 16.5. The lowest BCUT2D eigenvalue weighted by molar-refractivity contribution is 0.118. The van der Waals surface area contributed by atoms with E-state index in [1.165, 1.54) is 5.56 Å². The Balaban J connectivity index is 1.22. The summed E-state index contributed by atoms with van der Waals surface area (Å²) in [4.78, 5) is 16.6. The average Bonchev–Trinajstić information content (AvgIpc) is 3.18. The first kappa shape index (κ1) is 19.2. The number of hydrogen-bond acceptors (Lipinski definition) is 6. The molecule has 0 bridgehead atoms. The van der Waals surface area contributed by atoms with Crippen LogP contribution in [0.15, 0.2) is 42.5 Å². The molecule has 0 saturated carbocycles. The molecular formula is C21H25N3O5. The summed E-state index contributed by atoms with van der Waals surface area (Å²) in [7, 11) is 0. The third-order valence-electron chi connectivity index (χ3n) is 4.98. The summed E-state index contributed by atoms with van der Waals surface area (Å²) >= 11 is 0. The number of piperazine rings is 1. The van der Waals surface area contributed by atoms with Crippen molar-refractivity contribution in [1.29, 1.82) is 0 Å². The number of urea groups is 1. The molecule has 2 aliphatic rings. The van der Waals surface area contributed by atoms with E-state index in [2.05, 4.69) is 16.3 Å². The van der Waals surface area contributed by atoms with Gasteiger partial charge in [0.1, 0.15) is 11.5 Å². The van der Waals surface area contributed by atoms with Crippen LogP contribution in [0.3, 0.4) is 0 Å². The minimum atomic E-state index is -0.473. The fourth-order valence-electron chi connectivity index (χ4n) is 3.43. The molecule has 0 aliphatic carbocycles. The number of phenols is 1. The van der Waals surface area contributed by atoms with Crippen molar-refractivity contribution in [1.82, 2.24) is 15.1 Å². The molecule has 1 atom stereocenters. The Morgan fingerprint density at radius 1 is 1.10 bits per heavy atom. The summed E-state index contributed by atoms with van der Waals surface area (Å²) in [5.41, 5.74) is 1.17. The summed E-state index contributed by atoms with van der Waals surface area (Å²) in [6.07, 6.45) is -0.473. The van der Waals surface area contributed by atoms with Crippen molar-refractivity contribution in [3.05, 3.63) is 48.0 Å². The summed E-state index contributed by atoms with van der Waals surface area (Å²) in [5, 5.41) is 12.2. The number of nitrogens with one attached hydrogen (secondary N) is 1. The van der Waals surface area contributed by atoms with Gasteiger partial charge in [0.25, 0.3) is 0 Å². The van der Waals surface area contributed by atoms with E-state index in [1.807, 2.05) is 12.1 Å². The Kier molecular flexibility index (Phi) is 5.62. The second kappa shape index (κ2) is 8.48. The average molecular weight is 399 g/mol. The molecule has 2 amide bonds. The van der Waals surface area contributed by atoms with Crippen molar-refractivity contribution in [2.24, 2.45) is 0 Å². The van der Waals surface area contributed by atoms with Crippen molar-refractivity contribution >= 4 is 6.03 Å². The first-order valence-corrected chi connectivity index (χ1v) is 9.69. The van der Waals surface area contributed by atoms with Crippen molar-refractivity contribution in [3.8, 4) is 23.0 Å². The molecule has 2 aliphatic heterocycles. The Morgan fingerprint density at radius 2 is 1.83 bits per heavy atom. The van der Waals surface area contributed by atoms with Crippen LogP contribution in [-0.4, -0.2) is 60.1 Å². The van der Waals surface area contributed by atoms with Gasteiger partial charge >= 0.3 is 6.03 Å². The largest absolute Gasteiger partial charge is 0.508 e. The van der Waals surface area contributed by atoms with E-state index in [1.54, 1.807) is 36.1 Å². The highest BCUT2D eigenvalue weighted by atomic mass is 16.7. The van der Waals surface area contributed by atoms with Crippen LogP contribution < -0.4 is 19.5 Å². The van der Waals surface area contributed by atoms with Gasteiger partial charge < -0.3 is 29.5 Å². The highest BCUT2D eigenvalue weighted by Gasteiger charge is 2.23. The number of rotatable bonds is 5. The standard InChI is InChI=1S/C21H25N3O5/c1-15(29-18-5-3-17(25)4-6-18)22-21(26)24-10-8-23(9-11-24)13-16-2-7-19-20(12-16)28-14-27-19/h2-7,12,15,25H,8-11,13-14H2,1H3,(H,22,26). The van der Waals surface area contributed by atoms with Gasteiger partial charge in [-0.25, -0.2) is 4.79 Å². The number of nitrogens with zero attached hydrogens (tertiary/aromatic N) is 2. The quantitative estimate of drug-likeness (QED) is 0.751. The van der Waals surface area contributed by atoms with E-state index in [-0.39, 0.29) is 18.6 Å². The Labute approximate surface area is 169 Å². The lowest BCUT2D eigenvalue weighted by Crippen LogP contribution is -2.53. The number of aromatic hydroxyl groups is 1. The monoisotopic (exact) mass is 399 g/mol. The van der Waals surface area contributed by atoms with Crippen molar-refractivity contribution in [2.45, 2.75) is 19.7 Å². The number of benzene rings is 2. The molecule has 2 aromatic rings. The van der Waals surface area contributed by atoms with Gasteiger partial charge in [0, 0.05) is 32.7 Å². The number of carbonyl (C=O) groups is 1. The molecule has 4 rings (SSSR count). The van der Waals surface area contributed by atoms with Crippen LogP contribution in [-0.2, 0) is 6.54 Å². The maximum atomic E-state index is 12.5. The van der Waals surface area contributed by atoms with Crippen molar-refractivity contribution < 1.29 is 24.1 Å². The van der Waals surface area contributed by atoms with Crippen LogP contribution in [0.4, 0.5) is 4.79 Å². The van der Waals surface area contributed by atoms with Gasteiger partial charge in [-0.05, 0) is 48.9 Å². The van der Waals surface area contributed by atoms with Crippen molar-refractivity contribution in [2.75, 3.05) is 33.0 Å². The lowest BCUT2D eigenvalue weighted by Gasteiger charge is -2.35. The van der Waals surface area contributed by atoms with E-state index in [0.717, 1.165) is 31.1 Å². The molecule has 1 fully saturated rings. The zero-order chi connectivity index (χ0) is 20.2. The molecule has 1 saturated heterocycles. The van der Waals surface area contributed by atoms with E-state index in [9.17, 15) is 9.90 Å². The zero-order valence-electron chi connectivity index (χ0n) is 16.3. The maximum Gasteiger partial charge on any atom is 0.320 e. The van der Waals surface area contributed by atoms with E-state index < -0.39 is 6.23 Å². The second-order valence-electron chi connectivity index (χ2n) is 7.15. The third-order valence-corrected chi connectivity index (χ3v) is 4.98. The maximum absolute atomic E-state index is 12.5. The van der Waals surface area contributed by atoms with Gasteiger partial charge in [-0.15, -0.1) is 0 Å². The molecule has 8 heteroatoms.